The summed E-state index contributed by atoms with van der Waals surface area (Å²) in [6.07, 6.45) is 0. The lowest BCUT2D eigenvalue weighted by Crippen LogP contribution is -1.94. The van der Waals surface area contributed by atoms with Gasteiger partial charge in [0.05, 0.1) is 5.39 Å². The van der Waals surface area contributed by atoms with Crippen molar-refractivity contribution in [2.75, 3.05) is 0 Å². The zero-order valence-corrected chi connectivity index (χ0v) is 6.74. The first kappa shape index (κ1) is 8.99. The highest BCUT2D eigenvalue weighted by Gasteiger charge is 2.15. The molecule has 2 rings (SSSR count). The van der Waals surface area contributed by atoms with Gasteiger partial charge in [-0.05, 0) is 23.6 Å². The van der Waals surface area contributed by atoms with Crippen LogP contribution in [0.5, 0.6) is 0 Å². The molecule has 0 spiro atoms. The molecule has 2 aromatic rings. The van der Waals surface area contributed by atoms with Crippen molar-refractivity contribution in [3.8, 4) is 0 Å². The SMILES string of the molecule is Fc1cc2[c]ccc(F)c2c(F)c1F. The van der Waals surface area contributed by atoms with Crippen LogP contribution in [0.1, 0.15) is 0 Å². The maximum Gasteiger partial charge on any atom is 0.195 e. The molecule has 14 heavy (non-hydrogen) atoms. The molecule has 4 heteroatoms. The van der Waals surface area contributed by atoms with Crippen LogP contribution in [0.4, 0.5) is 17.6 Å². The van der Waals surface area contributed by atoms with Gasteiger partial charge in [0.25, 0.3) is 0 Å². The lowest BCUT2D eigenvalue weighted by atomic mass is 10.1. The van der Waals surface area contributed by atoms with E-state index in [1.165, 1.54) is 6.07 Å². The van der Waals surface area contributed by atoms with Crippen LogP contribution in [-0.2, 0) is 0 Å². The molecular formula is C10H3F4. The van der Waals surface area contributed by atoms with E-state index < -0.39 is 28.7 Å². The largest absolute Gasteiger partial charge is 0.206 e. The third kappa shape index (κ3) is 1.14. The van der Waals surface area contributed by atoms with Crippen LogP contribution in [0.2, 0.25) is 0 Å². The van der Waals surface area contributed by atoms with Crippen LogP contribution in [-0.4, -0.2) is 0 Å². The Morgan fingerprint density at radius 1 is 0.929 bits per heavy atom. The van der Waals surface area contributed by atoms with Gasteiger partial charge in [0.2, 0.25) is 0 Å². The Hall–Kier alpha value is -1.58. The highest BCUT2D eigenvalue weighted by molar-refractivity contribution is 5.83. The third-order valence-corrected chi connectivity index (χ3v) is 1.87. The summed E-state index contributed by atoms with van der Waals surface area (Å²) in [6.45, 7) is 0. The summed E-state index contributed by atoms with van der Waals surface area (Å²) < 4.78 is 51.4. The first-order valence-corrected chi connectivity index (χ1v) is 3.74. The monoisotopic (exact) mass is 199 g/mol. The predicted molar refractivity (Wildman–Crippen MR) is 42.6 cm³/mol. The Morgan fingerprint density at radius 3 is 2.36 bits per heavy atom. The predicted octanol–water partition coefficient (Wildman–Crippen LogP) is 3.20. The summed E-state index contributed by atoms with van der Waals surface area (Å²) >= 11 is 0. The molecule has 0 aromatic heterocycles. The van der Waals surface area contributed by atoms with Crippen LogP contribution in [0, 0.1) is 29.3 Å². The number of benzene rings is 2. The van der Waals surface area contributed by atoms with Gasteiger partial charge in [-0.25, -0.2) is 17.6 Å². The van der Waals surface area contributed by atoms with Crippen LogP contribution < -0.4 is 0 Å². The maximum atomic E-state index is 13.0. The number of fused-ring (bicyclic) bond motifs is 1. The minimum Gasteiger partial charge on any atom is -0.206 e. The second-order valence-electron chi connectivity index (χ2n) is 2.73. The van der Waals surface area contributed by atoms with Crippen molar-refractivity contribution in [2.45, 2.75) is 0 Å². The van der Waals surface area contributed by atoms with Crippen LogP contribution in [0.25, 0.3) is 10.8 Å². The van der Waals surface area contributed by atoms with Gasteiger partial charge in [-0.2, -0.15) is 0 Å². The van der Waals surface area contributed by atoms with Crippen LogP contribution in [0.15, 0.2) is 18.2 Å². The molecule has 0 aliphatic rings. The normalized spacial score (nSPS) is 10.9. The fourth-order valence-electron chi connectivity index (χ4n) is 1.23. The van der Waals surface area contributed by atoms with Crippen molar-refractivity contribution in [3.05, 3.63) is 47.5 Å². The van der Waals surface area contributed by atoms with Crippen LogP contribution in [0.3, 0.4) is 0 Å². The zero-order valence-electron chi connectivity index (χ0n) is 6.74. The molecule has 0 heterocycles. The molecule has 0 bridgehead atoms. The average Bonchev–Trinajstić information content (AvgIpc) is 2.14. The molecule has 71 valence electrons. The Kier molecular flexibility index (Phi) is 1.91. The topological polar surface area (TPSA) is 0 Å². The van der Waals surface area contributed by atoms with Crippen molar-refractivity contribution in [1.29, 1.82) is 0 Å². The van der Waals surface area contributed by atoms with E-state index in [0.29, 0.717) is 6.07 Å². The van der Waals surface area contributed by atoms with Crippen molar-refractivity contribution >= 4 is 10.8 Å². The summed E-state index contributed by atoms with van der Waals surface area (Å²) in [5.41, 5.74) is 0. The van der Waals surface area contributed by atoms with Crippen LogP contribution >= 0.6 is 0 Å². The molecule has 1 radical (unpaired) electrons. The average molecular weight is 199 g/mol. The molecule has 0 amide bonds. The molecule has 0 fully saturated rings. The third-order valence-electron chi connectivity index (χ3n) is 1.87. The van der Waals surface area contributed by atoms with Crippen molar-refractivity contribution < 1.29 is 17.6 Å². The highest BCUT2D eigenvalue weighted by atomic mass is 19.2. The van der Waals surface area contributed by atoms with E-state index in [4.69, 9.17) is 0 Å². The highest BCUT2D eigenvalue weighted by Crippen LogP contribution is 2.24. The van der Waals surface area contributed by atoms with Gasteiger partial charge in [-0.3, -0.25) is 0 Å². The molecule has 0 aliphatic carbocycles. The number of hydrogen-bond donors (Lipinski definition) is 0. The zero-order chi connectivity index (χ0) is 10.3. The summed E-state index contributed by atoms with van der Waals surface area (Å²) in [4.78, 5) is 0. The van der Waals surface area contributed by atoms with Crippen molar-refractivity contribution in [1.82, 2.24) is 0 Å². The first-order chi connectivity index (χ1) is 6.61. The van der Waals surface area contributed by atoms with Gasteiger partial charge in [0.1, 0.15) is 5.82 Å². The van der Waals surface area contributed by atoms with E-state index in [1.54, 1.807) is 0 Å². The summed E-state index contributed by atoms with van der Waals surface area (Å²) in [5.74, 6) is -5.47. The summed E-state index contributed by atoms with van der Waals surface area (Å²) in [6, 6.07) is 5.23. The fraction of sp³-hybridized carbons (Fsp3) is 0. The van der Waals surface area contributed by atoms with Gasteiger partial charge in [-0.15, -0.1) is 0 Å². The van der Waals surface area contributed by atoms with Gasteiger partial charge in [0.15, 0.2) is 17.5 Å². The number of rotatable bonds is 0. The Bertz CT molecular complexity index is 505. The van der Waals surface area contributed by atoms with E-state index in [9.17, 15) is 17.6 Å². The van der Waals surface area contributed by atoms with E-state index in [1.807, 2.05) is 0 Å². The van der Waals surface area contributed by atoms with E-state index in [2.05, 4.69) is 6.07 Å². The molecule has 0 nitrogen and oxygen atoms in total. The molecular weight excluding hydrogens is 196 g/mol. The molecule has 0 aliphatic heterocycles. The van der Waals surface area contributed by atoms with Gasteiger partial charge in [-0.1, -0.05) is 6.07 Å². The maximum absolute atomic E-state index is 13.0. The Morgan fingerprint density at radius 2 is 1.64 bits per heavy atom. The lowest BCUT2D eigenvalue weighted by Gasteiger charge is -2.02. The van der Waals surface area contributed by atoms with Gasteiger partial charge in [0, 0.05) is 0 Å². The molecule has 0 N–H and O–H groups in total. The van der Waals surface area contributed by atoms with Crippen molar-refractivity contribution in [2.24, 2.45) is 0 Å². The number of halogens is 4. The number of hydrogen-bond acceptors (Lipinski definition) is 0. The van der Waals surface area contributed by atoms with Crippen molar-refractivity contribution in [3.63, 3.8) is 0 Å². The molecule has 0 atom stereocenters. The standard InChI is InChI=1S/C10H3F4/c11-6-3-1-2-5-4-7(12)9(13)10(14)8(5)6/h1,3-4H. The second-order valence-corrected chi connectivity index (χ2v) is 2.73. The Labute approximate surface area is 76.8 Å². The summed E-state index contributed by atoms with van der Waals surface area (Å²) in [7, 11) is 0. The molecule has 0 unspecified atom stereocenters. The van der Waals surface area contributed by atoms with E-state index in [-0.39, 0.29) is 5.39 Å². The minimum absolute atomic E-state index is 0.124. The quantitative estimate of drug-likeness (QED) is 0.451. The smallest absolute Gasteiger partial charge is 0.195 e. The second kappa shape index (κ2) is 2.97. The van der Waals surface area contributed by atoms with E-state index >= 15 is 0 Å². The van der Waals surface area contributed by atoms with E-state index in [0.717, 1.165) is 6.07 Å². The minimum atomic E-state index is -1.67. The first-order valence-electron chi connectivity index (χ1n) is 3.74. The summed E-state index contributed by atoms with van der Waals surface area (Å²) in [5, 5.41) is -0.701. The molecule has 2 aromatic carbocycles. The lowest BCUT2D eigenvalue weighted by molar-refractivity contribution is 0.451. The van der Waals surface area contributed by atoms with Gasteiger partial charge >= 0.3 is 0 Å². The van der Waals surface area contributed by atoms with Gasteiger partial charge < -0.3 is 0 Å². The molecule has 0 saturated heterocycles. The molecule has 0 saturated carbocycles. The fourth-order valence-corrected chi connectivity index (χ4v) is 1.23. The Balaban J connectivity index is 2.99.